The van der Waals surface area contributed by atoms with E-state index in [1.165, 1.54) is 36.9 Å². The maximum atomic E-state index is 12.9. The van der Waals surface area contributed by atoms with E-state index < -0.39 is 16.1 Å². The van der Waals surface area contributed by atoms with Gasteiger partial charge in [-0.25, -0.2) is 14.8 Å². The molecule has 3 aromatic carbocycles. The normalized spacial score (nSPS) is 17.2. The van der Waals surface area contributed by atoms with Crippen molar-refractivity contribution < 1.29 is 55.6 Å². The highest BCUT2D eigenvalue weighted by Gasteiger charge is 2.40. The Morgan fingerprint density at radius 3 is 1.45 bits per heavy atom. The fourth-order valence-corrected chi connectivity index (χ4v) is 10.9. The number of aromatic carboxylic acids is 1. The van der Waals surface area contributed by atoms with Crippen LogP contribution in [0.3, 0.4) is 0 Å². The fraction of sp³-hybridized carbons (Fsp3) is 0.265. The molecule has 21 heteroatoms. The van der Waals surface area contributed by atoms with Gasteiger partial charge in [-0.15, -0.1) is 0 Å². The van der Waals surface area contributed by atoms with Crippen molar-refractivity contribution in [2.75, 3.05) is 37.6 Å². The number of allylic oxidation sites excluding steroid dienone is 2. The molecule has 12 heterocycles. The van der Waals surface area contributed by atoms with E-state index in [1.54, 1.807) is 73.2 Å². The summed E-state index contributed by atoms with van der Waals surface area (Å²) >= 11 is 0. The summed E-state index contributed by atoms with van der Waals surface area (Å²) in [5, 5.41) is 14.2. The Hall–Kier alpha value is -9.51. The minimum Gasteiger partial charge on any atom is -0.478 e. The van der Waals surface area contributed by atoms with Crippen LogP contribution in [0, 0.1) is 20.8 Å². The van der Waals surface area contributed by atoms with Crippen LogP contribution in [0.15, 0.2) is 160 Å². The molecule has 9 aromatic rings. The number of nitrogen functional groups attached to an aromatic ring is 2. The second-order valence-corrected chi connectivity index (χ2v) is 23.5. The number of carbonyl (C=O) groups is 4. The summed E-state index contributed by atoms with van der Waals surface area (Å²) in [5.41, 5.74) is 21.3. The molecule has 6 aromatic heterocycles. The summed E-state index contributed by atoms with van der Waals surface area (Å²) in [6, 6.07) is 31.8. The lowest BCUT2D eigenvalue weighted by molar-refractivity contribution is -0.171. The highest BCUT2D eigenvalue weighted by Crippen LogP contribution is 2.33. The average Bonchev–Trinajstić information content (AvgIpc) is 2.02. The van der Waals surface area contributed by atoms with Crippen LogP contribution in [-0.2, 0) is 42.0 Å². The van der Waals surface area contributed by atoms with Crippen molar-refractivity contribution in [3.05, 3.63) is 197 Å². The number of piperidine rings is 2. The molecular weight excluding hydrogens is 1150 g/mol. The lowest BCUT2D eigenvalue weighted by Gasteiger charge is -2.46. The molecule has 6 aliphatic rings. The lowest BCUT2D eigenvalue weighted by Crippen LogP contribution is -2.58. The van der Waals surface area contributed by atoms with Crippen molar-refractivity contribution in [2.24, 2.45) is 0 Å². The van der Waals surface area contributed by atoms with E-state index in [-0.39, 0.29) is 47.6 Å². The number of nitrogens with zero attached hydrogens (tertiary/aromatic N) is 5. The van der Waals surface area contributed by atoms with Gasteiger partial charge in [0.05, 0.1) is 51.8 Å². The summed E-state index contributed by atoms with van der Waals surface area (Å²) < 4.78 is 52.5. The molecule has 4 unspecified atom stereocenters. The number of hydrogen-bond donors (Lipinski definition) is 5. The van der Waals surface area contributed by atoms with Gasteiger partial charge in [-0.1, -0.05) is 25.1 Å². The number of benzene rings is 3. The number of anilines is 2. The smallest absolute Gasteiger partial charge is 0.337 e. The number of fused-ring (bicyclic) bond motifs is 6. The van der Waals surface area contributed by atoms with Crippen molar-refractivity contribution in [2.45, 2.75) is 96.0 Å². The number of pyridine rings is 4. The zero-order valence-electron chi connectivity index (χ0n) is 48.7. The van der Waals surface area contributed by atoms with Crippen molar-refractivity contribution in [3.8, 4) is 22.5 Å². The second-order valence-electron chi connectivity index (χ2n) is 22.0. The van der Waals surface area contributed by atoms with Crippen molar-refractivity contribution >= 4 is 79.3 Å². The first-order chi connectivity index (χ1) is 42.2. The number of rotatable bonds is 15. The zero-order valence-corrected chi connectivity index (χ0v) is 49.5. The third kappa shape index (κ3) is 17.0. The molecule has 7 N–H and O–H groups in total. The molecule has 0 aliphatic carbocycles. The van der Waals surface area contributed by atoms with Gasteiger partial charge in [0.1, 0.15) is 34.3 Å². The number of furan rings is 2. The van der Waals surface area contributed by atoms with E-state index >= 15 is 0 Å². The van der Waals surface area contributed by atoms with Crippen LogP contribution in [0.4, 0.5) is 11.6 Å². The SMILES string of the molecule is C.C1NCC2CC1O2.Cc1cc(-c2ccc(C(=O)N3CC4CC(C3)O4)cn2)cc2cc(CCC(=O)/C=C/c3ccc(N)nc3)oc12.Cc1cc(-c2ccc(C(=O)O)cn2)cc2cc(CCC(=O)/C=C/c3ccc(N)nc3)oc12.Cc1ccc(S(=O)(=O)O)cc1. The van der Waals surface area contributed by atoms with Crippen LogP contribution in [0.5, 0.6) is 0 Å². The largest absolute Gasteiger partial charge is 0.478 e. The first-order valence-electron chi connectivity index (χ1n) is 28.7. The number of nitrogens with two attached hydrogens (primary N) is 2. The molecule has 6 saturated heterocycles. The summed E-state index contributed by atoms with van der Waals surface area (Å²) in [5.74, 6) is 1.35. The van der Waals surface area contributed by atoms with Gasteiger partial charge in [0.15, 0.2) is 11.6 Å². The Labute approximate surface area is 515 Å². The van der Waals surface area contributed by atoms with E-state index in [1.807, 2.05) is 80.3 Å². The third-order valence-corrected chi connectivity index (χ3v) is 16.0. The van der Waals surface area contributed by atoms with E-state index in [0.29, 0.717) is 73.9 Å². The number of aryl methyl sites for hydroxylation is 5. The lowest BCUT2D eigenvalue weighted by atomic mass is 9.98. The minimum absolute atomic E-state index is 0. The van der Waals surface area contributed by atoms with Crippen LogP contribution in [0.2, 0.25) is 0 Å². The molecule has 6 fully saturated rings. The first-order valence-corrected chi connectivity index (χ1v) is 30.1. The van der Waals surface area contributed by atoms with Gasteiger partial charge in [0, 0.05) is 111 Å². The number of ketones is 2. The zero-order chi connectivity index (χ0) is 62.1. The molecular formula is C68H70N8O12S. The van der Waals surface area contributed by atoms with Gasteiger partial charge >= 0.3 is 5.97 Å². The van der Waals surface area contributed by atoms with E-state index in [2.05, 4.69) is 25.3 Å². The molecule has 460 valence electrons. The van der Waals surface area contributed by atoms with Crippen LogP contribution in [0.25, 0.3) is 56.6 Å². The quantitative estimate of drug-likeness (QED) is 0.0470. The number of carboxylic acids is 1. The Kier molecular flexibility index (Phi) is 20.5. The molecule has 0 saturated carbocycles. The number of carboxylic acid groups (broad SMARTS) is 1. The van der Waals surface area contributed by atoms with Crippen molar-refractivity contribution in [3.63, 3.8) is 0 Å². The van der Waals surface area contributed by atoms with E-state index in [0.717, 1.165) is 97.6 Å². The van der Waals surface area contributed by atoms with E-state index in [9.17, 15) is 27.6 Å². The van der Waals surface area contributed by atoms with Crippen LogP contribution in [0.1, 0.15) is 93.2 Å². The summed E-state index contributed by atoms with van der Waals surface area (Å²) in [6.45, 7) is 9.24. The fourth-order valence-electron chi connectivity index (χ4n) is 10.4. The molecule has 0 spiro atoms. The maximum Gasteiger partial charge on any atom is 0.337 e. The highest BCUT2D eigenvalue weighted by molar-refractivity contribution is 7.85. The number of aromatic nitrogens is 4. The average molecular weight is 1220 g/mol. The van der Waals surface area contributed by atoms with Crippen molar-refractivity contribution in [1.29, 1.82) is 0 Å². The highest BCUT2D eigenvalue weighted by atomic mass is 32.2. The number of morpholine rings is 2. The molecule has 15 rings (SSSR count). The summed E-state index contributed by atoms with van der Waals surface area (Å²) in [7, 11) is -4.02. The monoisotopic (exact) mass is 1220 g/mol. The number of ether oxygens (including phenoxy) is 2. The molecule has 20 nitrogen and oxygen atoms in total. The summed E-state index contributed by atoms with van der Waals surface area (Å²) in [6.07, 6.45) is 18.3. The number of carbonyl (C=O) groups excluding carboxylic acids is 3. The summed E-state index contributed by atoms with van der Waals surface area (Å²) in [4.78, 5) is 67.1. The van der Waals surface area contributed by atoms with Crippen LogP contribution in [-0.4, -0.2) is 117 Å². The van der Waals surface area contributed by atoms with Gasteiger partial charge in [0.2, 0.25) is 0 Å². The van der Waals surface area contributed by atoms with Gasteiger partial charge in [-0.05, 0) is 164 Å². The van der Waals surface area contributed by atoms with E-state index in [4.69, 9.17) is 39.4 Å². The standard InChI is InChI=1S/C30H28N4O4.C25H21N3O4.C7H8O3S.C5H9NO.CH4/c1-18-10-21(27-8-4-20(15-32-27)30(36)34-16-25-13-26(17-34)37-25)11-22-12-24(38-29(18)22)7-6-23(35)5-2-19-3-9-28(31)33-14-19;1-15-10-18(22-8-4-17(14-27-22)25(30)31)11-19-12-21(32-24(15)19)7-6-20(29)5-2-16-3-9-23(26)28-13-16;1-6-2-4-7(5-3-6)11(8,9)10;1-4-2-6-3-5(1)7-4;/h2-5,8-12,14-15,25-26H,6-7,13,16-17H2,1H3,(H2,31,33);2-5,8-14H,6-7H2,1H3,(H2,26,28)(H,30,31);2-5H,1H3,(H,8,9,10);4-6H,1-3H2;1H4/b2*5-2+;;;. The Morgan fingerprint density at radius 1 is 0.607 bits per heavy atom. The molecule has 6 aliphatic heterocycles. The first kappa shape index (κ1) is 64.0. The Morgan fingerprint density at radius 2 is 1.07 bits per heavy atom. The van der Waals surface area contributed by atoms with Crippen molar-refractivity contribution in [1.82, 2.24) is 30.2 Å². The molecule has 0 radical (unpaired) electrons. The van der Waals surface area contributed by atoms with Crippen LogP contribution >= 0.6 is 0 Å². The van der Waals surface area contributed by atoms with Gasteiger partial charge in [-0.3, -0.25) is 28.9 Å². The topological polar surface area (TPSA) is 306 Å². The predicted molar refractivity (Wildman–Crippen MR) is 340 cm³/mol. The maximum absolute atomic E-state index is 12.9. The molecule has 89 heavy (non-hydrogen) atoms. The van der Waals surface area contributed by atoms with Gasteiger partial charge in [0.25, 0.3) is 16.0 Å². The third-order valence-electron chi connectivity index (χ3n) is 15.1. The number of amides is 1. The number of nitrogens with one attached hydrogen (secondary N) is 1. The molecule has 1 amide bonds. The van der Waals surface area contributed by atoms with Crippen LogP contribution < -0.4 is 16.8 Å². The minimum atomic E-state index is -4.02. The molecule has 4 bridgehead atoms. The second kappa shape index (κ2) is 28.5. The predicted octanol–water partition coefficient (Wildman–Crippen LogP) is 10.9. The Balaban J connectivity index is 0.000000164. The van der Waals surface area contributed by atoms with Gasteiger partial charge < -0.3 is 45.1 Å². The Bertz CT molecular complexity index is 4130. The van der Waals surface area contributed by atoms with Gasteiger partial charge in [-0.2, -0.15) is 8.42 Å². The molecule has 4 atom stereocenters. The number of hydrogen-bond acceptors (Lipinski definition) is 17.